The van der Waals surface area contributed by atoms with E-state index in [-0.39, 0.29) is 18.9 Å². The number of carbonyl (C=O) groups is 2. The third-order valence-electron chi connectivity index (χ3n) is 4.31. The molecule has 2 heterocycles. The Labute approximate surface area is 159 Å². The van der Waals surface area contributed by atoms with Crippen molar-refractivity contribution in [2.24, 2.45) is 0 Å². The maximum absolute atomic E-state index is 12.5. The second kappa shape index (κ2) is 7.94. The van der Waals surface area contributed by atoms with Gasteiger partial charge in [-0.1, -0.05) is 6.07 Å². The molecule has 0 saturated carbocycles. The molecule has 2 aliphatic rings. The summed E-state index contributed by atoms with van der Waals surface area (Å²) in [5.41, 5.74) is 0.397. The van der Waals surface area contributed by atoms with Gasteiger partial charge in [0, 0.05) is 25.7 Å². The standard InChI is InChI=1S/C19H27N3O5/c1-19(2,3)27-18(24)21-14-5-4-8-22(11-14)17(23)20-10-13-6-7-15-16(9-13)26-12-25-15/h6-7,9,14H,4-5,8,10-12H2,1-3H3,(H,20,23)(H,21,24)/t14-/m1/s1. The number of benzene rings is 1. The number of urea groups is 1. The fraction of sp³-hybridized carbons (Fsp3) is 0.579. The lowest BCUT2D eigenvalue weighted by atomic mass is 10.1. The predicted molar refractivity (Wildman–Crippen MR) is 98.8 cm³/mol. The Morgan fingerprint density at radius 3 is 2.81 bits per heavy atom. The molecule has 2 N–H and O–H groups in total. The van der Waals surface area contributed by atoms with Crippen LogP contribution in [0.1, 0.15) is 39.2 Å². The molecule has 1 aromatic rings. The first-order valence-corrected chi connectivity index (χ1v) is 9.21. The van der Waals surface area contributed by atoms with Crippen molar-refractivity contribution < 1.29 is 23.8 Å². The van der Waals surface area contributed by atoms with Gasteiger partial charge in [0.2, 0.25) is 6.79 Å². The number of ether oxygens (including phenoxy) is 3. The molecule has 1 fully saturated rings. The number of carbonyl (C=O) groups excluding carboxylic acids is 2. The molecule has 0 aliphatic carbocycles. The van der Waals surface area contributed by atoms with Crippen LogP contribution in [0.3, 0.4) is 0 Å². The molecule has 0 aromatic heterocycles. The van der Waals surface area contributed by atoms with Gasteiger partial charge in [0.05, 0.1) is 0 Å². The zero-order valence-corrected chi connectivity index (χ0v) is 16.0. The molecule has 1 atom stereocenters. The SMILES string of the molecule is CC(C)(C)OC(=O)N[C@@H]1CCCN(C(=O)NCc2ccc3c(c2)OCO3)C1. The molecule has 0 spiro atoms. The van der Waals surface area contributed by atoms with Crippen LogP contribution in [0.5, 0.6) is 11.5 Å². The molecule has 1 saturated heterocycles. The lowest BCUT2D eigenvalue weighted by Gasteiger charge is -2.33. The van der Waals surface area contributed by atoms with Crippen LogP contribution in [0.15, 0.2) is 18.2 Å². The second-order valence-electron chi connectivity index (χ2n) is 7.78. The first kappa shape index (κ1) is 19.1. The highest BCUT2D eigenvalue weighted by Crippen LogP contribution is 2.32. The van der Waals surface area contributed by atoms with Crippen LogP contribution < -0.4 is 20.1 Å². The van der Waals surface area contributed by atoms with E-state index in [1.54, 1.807) is 4.90 Å². The number of hydrogen-bond donors (Lipinski definition) is 2. The average molecular weight is 377 g/mol. The van der Waals surface area contributed by atoms with Crippen LogP contribution in [-0.4, -0.2) is 48.5 Å². The van der Waals surface area contributed by atoms with Crippen molar-refractivity contribution in [1.29, 1.82) is 0 Å². The quantitative estimate of drug-likeness (QED) is 0.845. The molecular weight excluding hydrogens is 350 g/mol. The number of piperidine rings is 1. The fourth-order valence-electron chi connectivity index (χ4n) is 3.09. The van der Waals surface area contributed by atoms with Gasteiger partial charge in [-0.3, -0.25) is 0 Å². The first-order chi connectivity index (χ1) is 12.8. The normalized spacial score (nSPS) is 18.8. The van der Waals surface area contributed by atoms with Crippen molar-refractivity contribution >= 4 is 12.1 Å². The van der Waals surface area contributed by atoms with E-state index in [0.717, 1.165) is 24.2 Å². The second-order valence-corrected chi connectivity index (χ2v) is 7.78. The summed E-state index contributed by atoms with van der Waals surface area (Å²) < 4.78 is 15.9. The molecule has 148 valence electrons. The Balaban J connectivity index is 1.47. The molecule has 8 nitrogen and oxygen atoms in total. The van der Waals surface area contributed by atoms with Gasteiger partial charge in [-0.25, -0.2) is 9.59 Å². The van der Waals surface area contributed by atoms with E-state index in [1.807, 2.05) is 39.0 Å². The number of fused-ring (bicyclic) bond motifs is 1. The Kier molecular flexibility index (Phi) is 5.62. The van der Waals surface area contributed by atoms with Crippen LogP contribution in [0.25, 0.3) is 0 Å². The minimum Gasteiger partial charge on any atom is -0.454 e. The number of nitrogens with one attached hydrogen (secondary N) is 2. The summed E-state index contributed by atoms with van der Waals surface area (Å²) in [6.45, 7) is 7.22. The van der Waals surface area contributed by atoms with E-state index in [1.165, 1.54) is 0 Å². The van der Waals surface area contributed by atoms with Gasteiger partial charge >= 0.3 is 12.1 Å². The van der Waals surface area contributed by atoms with Gasteiger partial charge in [-0.2, -0.15) is 0 Å². The molecule has 2 aliphatic heterocycles. The van der Waals surface area contributed by atoms with Crippen LogP contribution in [0.4, 0.5) is 9.59 Å². The summed E-state index contributed by atoms with van der Waals surface area (Å²) in [5.74, 6) is 1.42. The minimum atomic E-state index is -0.541. The summed E-state index contributed by atoms with van der Waals surface area (Å²) >= 11 is 0. The van der Waals surface area contributed by atoms with E-state index < -0.39 is 11.7 Å². The van der Waals surface area contributed by atoms with Gasteiger partial charge in [-0.15, -0.1) is 0 Å². The zero-order chi connectivity index (χ0) is 19.4. The van der Waals surface area contributed by atoms with Crippen molar-refractivity contribution in [3.63, 3.8) is 0 Å². The highest BCUT2D eigenvalue weighted by atomic mass is 16.7. The molecule has 1 aromatic carbocycles. The van der Waals surface area contributed by atoms with Crippen molar-refractivity contribution in [2.45, 2.75) is 51.8 Å². The lowest BCUT2D eigenvalue weighted by molar-refractivity contribution is 0.0479. The van der Waals surface area contributed by atoms with Crippen molar-refractivity contribution in [3.05, 3.63) is 23.8 Å². The van der Waals surface area contributed by atoms with Gasteiger partial charge < -0.3 is 29.7 Å². The van der Waals surface area contributed by atoms with E-state index in [0.29, 0.717) is 25.4 Å². The number of amides is 3. The van der Waals surface area contributed by atoms with Crippen LogP contribution in [0.2, 0.25) is 0 Å². The Morgan fingerprint density at radius 1 is 1.26 bits per heavy atom. The maximum atomic E-state index is 12.5. The number of nitrogens with zero attached hydrogens (tertiary/aromatic N) is 1. The maximum Gasteiger partial charge on any atom is 0.407 e. The monoisotopic (exact) mass is 377 g/mol. The number of likely N-dealkylation sites (tertiary alicyclic amines) is 1. The molecule has 0 radical (unpaired) electrons. The predicted octanol–water partition coefficient (Wildman–Crippen LogP) is 2.61. The van der Waals surface area contributed by atoms with Gasteiger partial charge in [0.15, 0.2) is 11.5 Å². The van der Waals surface area contributed by atoms with Gasteiger partial charge in [-0.05, 0) is 51.3 Å². The number of rotatable bonds is 3. The van der Waals surface area contributed by atoms with Crippen molar-refractivity contribution in [1.82, 2.24) is 15.5 Å². The van der Waals surface area contributed by atoms with E-state index in [2.05, 4.69) is 10.6 Å². The summed E-state index contributed by atoms with van der Waals surface area (Å²) in [6.07, 6.45) is 1.21. The highest BCUT2D eigenvalue weighted by Gasteiger charge is 2.26. The Morgan fingerprint density at radius 2 is 2.04 bits per heavy atom. The van der Waals surface area contributed by atoms with E-state index >= 15 is 0 Å². The lowest BCUT2D eigenvalue weighted by Crippen LogP contribution is -2.52. The highest BCUT2D eigenvalue weighted by molar-refractivity contribution is 5.74. The molecule has 27 heavy (non-hydrogen) atoms. The topological polar surface area (TPSA) is 89.1 Å². The molecule has 3 rings (SSSR count). The molecule has 0 unspecified atom stereocenters. The molecule has 0 bridgehead atoms. The zero-order valence-electron chi connectivity index (χ0n) is 16.0. The number of alkyl carbamates (subject to hydrolysis) is 1. The van der Waals surface area contributed by atoms with Crippen LogP contribution in [0, 0.1) is 0 Å². The summed E-state index contributed by atoms with van der Waals surface area (Å²) in [4.78, 5) is 26.1. The third-order valence-corrected chi connectivity index (χ3v) is 4.31. The molecule has 8 heteroatoms. The molecular formula is C19H27N3O5. The van der Waals surface area contributed by atoms with Crippen LogP contribution >= 0.6 is 0 Å². The average Bonchev–Trinajstić information content (AvgIpc) is 3.06. The summed E-state index contributed by atoms with van der Waals surface area (Å²) in [6, 6.07) is 5.35. The van der Waals surface area contributed by atoms with Gasteiger partial charge in [0.25, 0.3) is 0 Å². The largest absolute Gasteiger partial charge is 0.454 e. The Hall–Kier alpha value is -2.64. The van der Waals surface area contributed by atoms with Crippen molar-refractivity contribution in [3.8, 4) is 11.5 Å². The summed E-state index contributed by atoms with van der Waals surface area (Å²) in [5, 5.41) is 5.77. The fourth-order valence-corrected chi connectivity index (χ4v) is 3.09. The van der Waals surface area contributed by atoms with E-state index in [4.69, 9.17) is 14.2 Å². The van der Waals surface area contributed by atoms with Crippen molar-refractivity contribution in [2.75, 3.05) is 19.9 Å². The molecule has 3 amide bonds. The number of hydrogen-bond acceptors (Lipinski definition) is 5. The minimum absolute atomic E-state index is 0.107. The Bertz CT molecular complexity index is 701. The van der Waals surface area contributed by atoms with Gasteiger partial charge in [0.1, 0.15) is 5.60 Å². The smallest absolute Gasteiger partial charge is 0.407 e. The first-order valence-electron chi connectivity index (χ1n) is 9.21. The third kappa shape index (κ3) is 5.42. The summed E-state index contributed by atoms with van der Waals surface area (Å²) in [7, 11) is 0. The van der Waals surface area contributed by atoms with E-state index in [9.17, 15) is 9.59 Å². The van der Waals surface area contributed by atoms with Crippen LogP contribution in [-0.2, 0) is 11.3 Å².